The Morgan fingerprint density at radius 3 is 2.59 bits per heavy atom. The lowest BCUT2D eigenvalue weighted by molar-refractivity contribution is -0.118. The Kier molecular flexibility index (Phi) is 6.49. The third kappa shape index (κ3) is 4.56. The van der Waals surface area contributed by atoms with E-state index in [1.54, 1.807) is 12.1 Å². The molecular weight excluding hydrogens is 394 g/mol. The van der Waals surface area contributed by atoms with Gasteiger partial charge in [-0.2, -0.15) is 0 Å². The van der Waals surface area contributed by atoms with Gasteiger partial charge in [0.25, 0.3) is 0 Å². The molecule has 2 aromatic rings. The number of methoxy groups -OCH3 is 2. The zero-order valence-electron chi connectivity index (χ0n) is 16.7. The summed E-state index contributed by atoms with van der Waals surface area (Å²) < 4.78 is 10.4. The largest absolute Gasteiger partial charge is 0.495 e. The van der Waals surface area contributed by atoms with Gasteiger partial charge in [-0.1, -0.05) is 30.7 Å². The lowest BCUT2D eigenvalue weighted by Crippen LogP contribution is -2.28. The zero-order valence-corrected chi connectivity index (χ0v) is 17.4. The highest BCUT2D eigenvalue weighted by Crippen LogP contribution is 2.36. The number of nitrogens with zero attached hydrogens (tertiary/aromatic N) is 1. The standard InChI is InChI=1S/C21H24ClN3O4/c1-4-20(26)25-8-7-14-9-13(5-6-17(14)25)12-23-21(27)24-16-10-15(22)18(28-2)11-19(16)29-3/h5-6,9-11H,4,7-8,12H2,1-3H3,(H2,23,24,27). The van der Waals surface area contributed by atoms with Crippen molar-refractivity contribution in [3.63, 3.8) is 0 Å². The molecule has 0 radical (unpaired) electrons. The van der Waals surface area contributed by atoms with E-state index in [0.717, 1.165) is 23.2 Å². The molecule has 0 saturated carbocycles. The third-order valence-corrected chi connectivity index (χ3v) is 5.11. The van der Waals surface area contributed by atoms with Crippen molar-refractivity contribution in [2.24, 2.45) is 0 Å². The first kappa shape index (κ1) is 20.8. The lowest BCUT2D eigenvalue weighted by Gasteiger charge is -2.16. The number of carbonyl (C=O) groups is 2. The van der Waals surface area contributed by atoms with E-state index in [4.69, 9.17) is 21.1 Å². The SMILES string of the molecule is CCC(=O)N1CCc2cc(CNC(=O)Nc3cc(Cl)c(OC)cc3OC)ccc21. The molecule has 1 aliphatic heterocycles. The predicted octanol–water partition coefficient (Wildman–Crippen LogP) is 3.98. The van der Waals surface area contributed by atoms with Gasteiger partial charge in [0.05, 0.1) is 24.9 Å². The molecule has 0 spiro atoms. The maximum atomic E-state index is 12.3. The number of hydrogen-bond donors (Lipinski definition) is 2. The monoisotopic (exact) mass is 417 g/mol. The molecule has 154 valence electrons. The number of amides is 3. The summed E-state index contributed by atoms with van der Waals surface area (Å²) in [6, 6.07) is 8.70. The number of ether oxygens (including phenoxy) is 2. The first-order chi connectivity index (χ1) is 14.0. The summed E-state index contributed by atoms with van der Waals surface area (Å²) in [7, 11) is 3.01. The zero-order chi connectivity index (χ0) is 21.0. The minimum absolute atomic E-state index is 0.126. The fourth-order valence-corrected chi connectivity index (χ4v) is 3.56. The van der Waals surface area contributed by atoms with E-state index in [1.165, 1.54) is 14.2 Å². The maximum Gasteiger partial charge on any atom is 0.319 e. The molecule has 0 atom stereocenters. The van der Waals surface area contributed by atoms with Crippen molar-refractivity contribution in [1.82, 2.24) is 5.32 Å². The van der Waals surface area contributed by atoms with E-state index < -0.39 is 0 Å². The van der Waals surface area contributed by atoms with Crippen molar-refractivity contribution in [3.05, 3.63) is 46.5 Å². The van der Waals surface area contributed by atoms with E-state index in [2.05, 4.69) is 10.6 Å². The van der Waals surface area contributed by atoms with E-state index in [0.29, 0.717) is 41.7 Å². The highest BCUT2D eigenvalue weighted by atomic mass is 35.5. The van der Waals surface area contributed by atoms with Gasteiger partial charge >= 0.3 is 6.03 Å². The van der Waals surface area contributed by atoms with Crippen molar-refractivity contribution in [2.45, 2.75) is 26.3 Å². The molecule has 29 heavy (non-hydrogen) atoms. The Morgan fingerprint density at radius 2 is 1.90 bits per heavy atom. The number of carbonyl (C=O) groups excluding carboxylic acids is 2. The fraction of sp³-hybridized carbons (Fsp3) is 0.333. The van der Waals surface area contributed by atoms with Gasteiger partial charge in [-0.25, -0.2) is 4.79 Å². The number of halogens is 1. The van der Waals surface area contributed by atoms with Crippen molar-refractivity contribution in [3.8, 4) is 11.5 Å². The van der Waals surface area contributed by atoms with Gasteiger partial charge in [-0.05, 0) is 29.7 Å². The van der Waals surface area contributed by atoms with Crippen molar-refractivity contribution in [1.29, 1.82) is 0 Å². The summed E-state index contributed by atoms with van der Waals surface area (Å²) in [4.78, 5) is 26.1. The van der Waals surface area contributed by atoms with Crippen LogP contribution in [-0.4, -0.2) is 32.7 Å². The molecule has 3 amide bonds. The number of nitrogens with one attached hydrogen (secondary N) is 2. The Labute approximate surface area is 174 Å². The van der Waals surface area contributed by atoms with E-state index in [1.807, 2.05) is 30.0 Å². The smallest absolute Gasteiger partial charge is 0.319 e. The molecule has 0 fully saturated rings. The van der Waals surface area contributed by atoms with Crippen molar-refractivity contribution in [2.75, 3.05) is 31.0 Å². The molecule has 0 aromatic heterocycles. The quantitative estimate of drug-likeness (QED) is 0.745. The maximum absolute atomic E-state index is 12.3. The Morgan fingerprint density at radius 1 is 1.14 bits per heavy atom. The Hall–Kier alpha value is -2.93. The van der Waals surface area contributed by atoms with Crippen LogP contribution in [0.2, 0.25) is 5.02 Å². The second-order valence-electron chi connectivity index (χ2n) is 6.61. The molecule has 0 unspecified atom stereocenters. The first-order valence-electron chi connectivity index (χ1n) is 9.35. The molecule has 7 nitrogen and oxygen atoms in total. The van der Waals surface area contributed by atoms with E-state index in [9.17, 15) is 9.59 Å². The second-order valence-corrected chi connectivity index (χ2v) is 7.01. The van der Waals surface area contributed by atoms with Gasteiger partial charge in [0.1, 0.15) is 11.5 Å². The lowest BCUT2D eigenvalue weighted by atomic mass is 10.1. The third-order valence-electron chi connectivity index (χ3n) is 4.82. The van der Waals surface area contributed by atoms with Crippen LogP contribution >= 0.6 is 11.6 Å². The Balaban J connectivity index is 1.63. The minimum atomic E-state index is -0.382. The van der Waals surface area contributed by atoms with Gasteiger partial charge in [0, 0.05) is 31.3 Å². The molecule has 0 bridgehead atoms. The van der Waals surface area contributed by atoms with E-state index in [-0.39, 0.29) is 11.9 Å². The van der Waals surface area contributed by atoms with Crippen LogP contribution in [0.15, 0.2) is 30.3 Å². The summed E-state index contributed by atoms with van der Waals surface area (Å²) in [5.74, 6) is 1.03. The van der Waals surface area contributed by atoms with Gasteiger partial charge in [-0.15, -0.1) is 0 Å². The van der Waals surface area contributed by atoms with Gasteiger partial charge in [0.15, 0.2) is 0 Å². The van der Waals surface area contributed by atoms with Gasteiger partial charge in [0.2, 0.25) is 5.91 Å². The van der Waals surface area contributed by atoms with Crippen LogP contribution < -0.4 is 25.0 Å². The summed E-state index contributed by atoms with van der Waals surface area (Å²) in [5, 5.41) is 5.93. The molecule has 1 heterocycles. The summed E-state index contributed by atoms with van der Waals surface area (Å²) >= 11 is 6.13. The number of hydrogen-bond acceptors (Lipinski definition) is 4. The minimum Gasteiger partial charge on any atom is -0.495 e. The predicted molar refractivity (Wildman–Crippen MR) is 113 cm³/mol. The second kappa shape index (κ2) is 9.05. The van der Waals surface area contributed by atoms with Crippen LogP contribution in [0.4, 0.5) is 16.2 Å². The van der Waals surface area contributed by atoms with Crippen LogP contribution in [0.1, 0.15) is 24.5 Å². The number of benzene rings is 2. The fourth-order valence-electron chi connectivity index (χ4n) is 3.32. The Bertz CT molecular complexity index is 932. The molecule has 2 N–H and O–H groups in total. The van der Waals surface area contributed by atoms with Crippen LogP contribution in [0.3, 0.4) is 0 Å². The molecular formula is C21H24ClN3O4. The normalized spacial score (nSPS) is 12.3. The summed E-state index contributed by atoms with van der Waals surface area (Å²) in [6.07, 6.45) is 1.31. The number of rotatable bonds is 6. The number of anilines is 2. The van der Waals surface area contributed by atoms with Crippen LogP contribution in [0, 0.1) is 0 Å². The van der Waals surface area contributed by atoms with Crippen LogP contribution in [0.25, 0.3) is 0 Å². The highest BCUT2D eigenvalue weighted by molar-refractivity contribution is 6.32. The average Bonchev–Trinajstić information content (AvgIpc) is 3.15. The summed E-state index contributed by atoms with van der Waals surface area (Å²) in [6.45, 7) is 2.92. The van der Waals surface area contributed by atoms with E-state index >= 15 is 0 Å². The van der Waals surface area contributed by atoms with Crippen LogP contribution in [-0.2, 0) is 17.8 Å². The van der Waals surface area contributed by atoms with Crippen molar-refractivity contribution >= 4 is 34.9 Å². The highest BCUT2D eigenvalue weighted by Gasteiger charge is 2.23. The van der Waals surface area contributed by atoms with Crippen LogP contribution in [0.5, 0.6) is 11.5 Å². The first-order valence-corrected chi connectivity index (χ1v) is 9.73. The average molecular weight is 418 g/mol. The number of fused-ring (bicyclic) bond motifs is 1. The van der Waals surface area contributed by atoms with Crippen molar-refractivity contribution < 1.29 is 19.1 Å². The number of urea groups is 1. The summed E-state index contributed by atoms with van der Waals surface area (Å²) in [5.41, 5.74) is 3.49. The van der Waals surface area contributed by atoms with Gasteiger partial charge in [-0.3, -0.25) is 4.79 Å². The molecule has 3 rings (SSSR count). The molecule has 2 aromatic carbocycles. The topological polar surface area (TPSA) is 79.9 Å². The van der Waals surface area contributed by atoms with Gasteiger partial charge < -0.3 is 25.0 Å². The molecule has 0 saturated heterocycles. The molecule has 8 heteroatoms. The molecule has 0 aliphatic carbocycles. The molecule has 1 aliphatic rings.